The molecule has 2 N–H and O–H groups in total. The third-order valence-corrected chi connectivity index (χ3v) is 4.13. The number of thiazole rings is 1. The van der Waals surface area contributed by atoms with Crippen LogP contribution in [0.15, 0.2) is 17.8 Å². The fraction of sp³-hybridized carbons (Fsp3) is 0.250. The molecule has 0 unspecified atom stereocenters. The first kappa shape index (κ1) is 13.1. The Balaban J connectivity index is 1.58. The van der Waals surface area contributed by atoms with Gasteiger partial charge in [-0.15, -0.1) is 11.3 Å². The molecule has 0 fully saturated rings. The molecule has 3 rings (SSSR count). The van der Waals surface area contributed by atoms with Crippen LogP contribution in [0.3, 0.4) is 0 Å². The van der Waals surface area contributed by atoms with Gasteiger partial charge in [-0.25, -0.2) is 4.98 Å². The number of fused-ring (bicyclic) bond motifs is 1. The zero-order valence-electron chi connectivity index (χ0n) is 10.7. The second-order valence-electron chi connectivity index (χ2n) is 4.34. The lowest BCUT2D eigenvalue weighted by atomic mass is 10.3. The number of halogens is 1. The first-order valence-corrected chi connectivity index (χ1v) is 7.30. The van der Waals surface area contributed by atoms with Crippen LogP contribution < -0.4 is 5.32 Å². The van der Waals surface area contributed by atoms with E-state index in [0.717, 1.165) is 10.7 Å². The molecule has 0 saturated carbocycles. The van der Waals surface area contributed by atoms with Gasteiger partial charge in [-0.3, -0.25) is 14.3 Å². The van der Waals surface area contributed by atoms with Crippen LogP contribution in [0.5, 0.6) is 0 Å². The van der Waals surface area contributed by atoms with E-state index < -0.39 is 0 Å². The molecule has 0 spiro atoms. The number of nitrogens with zero attached hydrogens (tertiary/aromatic N) is 3. The van der Waals surface area contributed by atoms with E-state index >= 15 is 0 Å². The van der Waals surface area contributed by atoms with E-state index in [1.54, 1.807) is 18.3 Å². The molecule has 3 aromatic heterocycles. The number of imidazole rings is 1. The summed E-state index contributed by atoms with van der Waals surface area (Å²) in [5, 5.41) is 11.7. The maximum Gasteiger partial charge on any atom is 0.273 e. The molecule has 8 heteroatoms. The van der Waals surface area contributed by atoms with Crippen LogP contribution in [0.4, 0.5) is 0 Å². The predicted octanol–water partition coefficient (Wildman–Crippen LogP) is 2.05. The van der Waals surface area contributed by atoms with Gasteiger partial charge in [0.1, 0.15) is 0 Å². The number of aromatic amines is 1. The van der Waals surface area contributed by atoms with Crippen molar-refractivity contribution in [3.05, 3.63) is 39.9 Å². The number of H-pyrrole nitrogens is 1. The molecule has 0 aliphatic rings. The molecular weight excluding hydrogens is 298 g/mol. The summed E-state index contributed by atoms with van der Waals surface area (Å²) in [6, 6.07) is 0. The highest BCUT2D eigenvalue weighted by atomic mass is 35.5. The Morgan fingerprint density at radius 3 is 3.15 bits per heavy atom. The van der Waals surface area contributed by atoms with E-state index in [1.807, 2.05) is 22.2 Å². The van der Waals surface area contributed by atoms with E-state index in [-0.39, 0.29) is 11.6 Å². The van der Waals surface area contributed by atoms with Gasteiger partial charge in [0.15, 0.2) is 10.7 Å². The SMILES string of the molecule is Cc1[nH]nc(C(=O)NCCc2cn3ccsc3n2)c1Cl. The van der Waals surface area contributed by atoms with Gasteiger partial charge in [0.25, 0.3) is 5.91 Å². The Morgan fingerprint density at radius 1 is 1.60 bits per heavy atom. The van der Waals surface area contributed by atoms with E-state index in [4.69, 9.17) is 11.6 Å². The summed E-state index contributed by atoms with van der Waals surface area (Å²) < 4.78 is 1.97. The quantitative estimate of drug-likeness (QED) is 0.774. The summed E-state index contributed by atoms with van der Waals surface area (Å²) in [5.74, 6) is -0.277. The summed E-state index contributed by atoms with van der Waals surface area (Å²) in [4.78, 5) is 17.3. The van der Waals surface area contributed by atoms with E-state index in [9.17, 15) is 4.79 Å². The minimum atomic E-state index is -0.277. The number of carbonyl (C=O) groups is 1. The topological polar surface area (TPSA) is 75.1 Å². The zero-order valence-corrected chi connectivity index (χ0v) is 12.3. The fourth-order valence-electron chi connectivity index (χ4n) is 1.85. The van der Waals surface area contributed by atoms with E-state index in [1.165, 1.54) is 0 Å². The maximum atomic E-state index is 11.9. The van der Waals surface area contributed by atoms with Crippen molar-refractivity contribution in [3.8, 4) is 0 Å². The third kappa shape index (κ3) is 2.41. The lowest BCUT2D eigenvalue weighted by molar-refractivity contribution is 0.0949. The first-order chi connectivity index (χ1) is 9.65. The van der Waals surface area contributed by atoms with Crippen molar-refractivity contribution in [2.75, 3.05) is 6.54 Å². The van der Waals surface area contributed by atoms with Gasteiger partial charge in [-0.05, 0) is 6.92 Å². The van der Waals surface area contributed by atoms with Crippen LogP contribution >= 0.6 is 22.9 Å². The average molecular weight is 310 g/mol. The Kier molecular flexibility index (Phi) is 3.45. The monoisotopic (exact) mass is 309 g/mol. The number of carbonyl (C=O) groups excluding carboxylic acids is 1. The standard InChI is InChI=1S/C12H12ClN5OS/c1-7-9(13)10(17-16-7)11(19)14-3-2-8-6-18-4-5-20-12(18)15-8/h4-6H,2-3H2,1H3,(H,14,19)(H,16,17). The van der Waals surface area contributed by atoms with Crippen LogP contribution in [-0.2, 0) is 6.42 Å². The molecule has 20 heavy (non-hydrogen) atoms. The van der Waals surface area contributed by atoms with Crippen molar-refractivity contribution in [1.82, 2.24) is 24.9 Å². The number of hydrogen-bond acceptors (Lipinski definition) is 4. The molecule has 3 aromatic rings. The average Bonchev–Trinajstić information content (AvgIpc) is 3.06. The summed E-state index contributed by atoms with van der Waals surface area (Å²) in [6.45, 7) is 2.26. The molecule has 0 atom stereocenters. The smallest absolute Gasteiger partial charge is 0.273 e. The first-order valence-electron chi connectivity index (χ1n) is 6.05. The van der Waals surface area contributed by atoms with Gasteiger partial charge in [-0.1, -0.05) is 11.6 Å². The highest BCUT2D eigenvalue weighted by Gasteiger charge is 2.15. The molecule has 3 heterocycles. The van der Waals surface area contributed by atoms with Crippen LogP contribution in [0.1, 0.15) is 21.9 Å². The summed E-state index contributed by atoms with van der Waals surface area (Å²) in [7, 11) is 0. The summed E-state index contributed by atoms with van der Waals surface area (Å²) in [5.41, 5.74) is 1.86. The van der Waals surface area contributed by atoms with Crippen molar-refractivity contribution < 1.29 is 4.79 Å². The molecule has 0 radical (unpaired) electrons. The number of nitrogens with one attached hydrogen (secondary N) is 2. The molecule has 0 aliphatic carbocycles. The normalized spacial score (nSPS) is 11.1. The number of amides is 1. The molecular formula is C12H12ClN5OS. The second-order valence-corrected chi connectivity index (χ2v) is 5.59. The van der Waals surface area contributed by atoms with E-state index in [0.29, 0.717) is 23.7 Å². The van der Waals surface area contributed by atoms with Gasteiger partial charge >= 0.3 is 0 Å². The lowest BCUT2D eigenvalue weighted by Crippen LogP contribution is -2.26. The molecule has 1 amide bonds. The molecule has 0 aliphatic heterocycles. The van der Waals surface area contributed by atoms with Gasteiger partial charge in [0, 0.05) is 30.7 Å². The van der Waals surface area contributed by atoms with Crippen LogP contribution in [0, 0.1) is 6.92 Å². The second kappa shape index (κ2) is 5.26. The van der Waals surface area contributed by atoms with E-state index in [2.05, 4.69) is 20.5 Å². The Labute approximate surface area is 123 Å². The van der Waals surface area contributed by atoms with Gasteiger partial charge in [0.2, 0.25) is 0 Å². The van der Waals surface area contributed by atoms with Crippen molar-refractivity contribution in [1.29, 1.82) is 0 Å². The molecule has 0 bridgehead atoms. The Morgan fingerprint density at radius 2 is 2.45 bits per heavy atom. The number of hydrogen-bond donors (Lipinski definition) is 2. The summed E-state index contributed by atoms with van der Waals surface area (Å²) in [6.07, 6.45) is 4.59. The van der Waals surface area contributed by atoms with Gasteiger partial charge in [-0.2, -0.15) is 5.10 Å². The maximum absolute atomic E-state index is 11.9. The van der Waals surface area contributed by atoms with Gasteiger partial charge < -0.3 is 5.32 Å². The summed E-state index contributed by atoms with van der Waals surface area (Å²) >= 11 is 7.55. The van der Waals surface area contributed by atoms with Crippen molar-refractivity contribution in [2.45, 2.75) is 13.3 Å². The molecule has 104 valence electrons. The fourth-order valence-corrected chi connectivity index (χ4v) is 2.74. The number of aryl methyl sites for hydroxylation is 1. The minimum absolute atomic E-state index is 0.231. The van der Waals surface area contributed by atoms with Crippen molar-refractivity contribution in [2.24, 2.45) is 0 Å². The van der Waals surface area contributed by atoms with Crippen LogP contribution in [0.2, 0.25) is 5.02 Å². The number of rotatable bonds is 4. The largest absolute Gasteiger partial charge is 0.350 e. The highest BCUT2D eigenvalue weighted by molar-refractivity contribution is 7.15. The Hall–Kier alpha value is -1.86. The minimum Gasteiger partial charge on any atom is -0.350 e. The molecule has 0 saturated heterocycles. The van der Waals surface area contributed by atoms with Crippen molar-refractivity contribution in [3.63, 3.8) is 0 Å². The van der Waals surface area contributed by atoms with Gasteiger partial charge in [0.05, 0.1) is 16.4 Å². The Bertz CT molecular complexity index is 730. The zero-order chi connectivity index (χ0) is 14.1. The van der Waals surface area contributed by atoms with Crippen molar-refractivity contribution >= 4 is 33.8 Å². The number of aromatic nitrogens is 4. The lowest BCUT2D eigenvalue weighted by Gasteiger charge is -2.01. The van der Waals surface area contributed by atoms with Crippen LogP contribution in [0.25, 0.3) is 4.96 Å². The third-order valence-electron chi connectivity index (χ3n) is 2.90. The van der Waals surface area contributed by atoms with Crippen LogP contribution in [-0.4, -0.2) is 32.0 Å². The predicted molar refractivity (Wildman–Crippen MR) is 77.4 cm³/mol. The molecule has 6 nitrogen and oxygen atoms in total. The molecule has 0 aromatic carbocycles. The highest BCUT2D eigenvalue weighted by Crippen LogP contribution is 2.16.